The molecule has 0 spiro atoms. The molecule has 0 saturated heterocycles. The Balaban J connectivity index is 1.87. The van der Waals surface area contributed by atoms with Crippen LogP contribution >= 0.6 is 34.9 Å². The van der Waals surface area contributed by atoms with E-state index in [1.807, 2.05) is 6.26 Å². The molecule has 3 aromatic rings. The first-order valence-corrected chi connectivity index (χ1v) is 15.0. The van der Waals surface area contributed by atoms with E-state index in [1.54, 1.807) is 43.3 Å². The van der Waals surface area contributed by atoms with Gasteiger partial charge in [-0.15, -0.1) is 22.0 Å². The summed E-state index contributed by atoms with van der Waals surface area (Å²) < 4.78 is 39.0. The lowest BCUT2D eigenvalue weighted by molar-refractivity contribution is -0.137. The van der Waals surface area contributed by atoms with E-state index in [9.17, 15) is 18.0 Å². The predicted molar refractivity (Wildman–Crippen MR) is 142 cm³/mol. The van der Waals surface area contributed by atoms with Crippen molar-refractivity contribution in [1.29, 1.82) is 0 Å². The Hall–Kier alpha value is -2.81. The maximum absolute atomic E-state index is 13.7. The number of carbonyl (C=O) groups excluding carboxylic acids is 2. The molecule has 1 aromatic heterocycles. The molecule has 2 aromatic carbocycles. The van der Waals surface area contributed by atoms with Gasteiger partial charge in [-0.05, 0) is 49.6 Å². The highest BCUT2D eigenvalue weighted by molar-refractivity contribution is 8.01. The van der Waals surface area contributed by atoms with Gasteiger partial charge in [0.1, 0.15) is 12.3 Å². The molecule has 0 fully saturated rings. The number of amides is 1. The normalized spacial score (nSPS) is 11.1. The number of sulfonamides is 1. The minimum absolute atomic E-state index is 0.0387. The number of para-hydroxylation sites is 2. The van der Waals surface area contributed by atoms with Gasteiger partial charge in [0.05, 0.1) is 30.1 Å². The molecule has 0 radical (unpaired) electrons. The second-order valence-electron chi connectivity index (χ2n) is 6.87. The fourth-order valence-corrected chi connectivity index (χ4v) is 6.34. The van der Waals surface area contributed by atoms with Gasteiger partial charge >= 0.3 is 5.97 Å². The van der Waals surface area contributed by atoms with E-state index in [0.29, 0.717) is 16.7 Å². The fourth-order valence-electron chi connectivity index (χ4n) is 2.90. The number of hydrogen-bond acceptors (Lipinski definition) is 11. The monoisotopic (exact) mass is 568 g/mol. The number of hydrogen-bond donors (Lipinski definition) is 1. The van der Waals surface area contributed by atoms with Crippen LogP contribution in [0, 0.1) is 0 Å². The Labute approximate surface area is 221 Å². The molecule has 0 unspecified atom stereocenters. The van der Waals surface area contributed by atoms with E-state index in [0.717, 1.165) is 32.3 Å². The van der Waals surface area contributed by atoms with Crippen molar-refractivity contribution in [3.63, 3.8) is 0 Å². The number of nitrogens with one attached hydrogen (secondary N) is 1. The van der Waals surface area contributed by atoms with Gasteiger partial charge in [-0.2, -0.15) is 0 Å². The van der Waals surface area contributed by atoms with Crippen molar-refractivity contribution in [2.24, 2.45) is 0 Å². The molecule has 0 bridgehead atoms. The van der Waals surface area contributed by atoms with Gasteiger partial charge in [0.25, 0.3) is 10.0 Å². The van der Waals surface area contributed by atoms with Crippen LogP contribution < -0.4 is 14.4 Å². The summed E-state index contributed by atoms with van der Waals surface area (Å²) >= 11 is 3.67. The van der Waals surface area contributed by atoms with Crippen LogP contribution in [0.4, 0.5) is 10.8 Å². The van der Waals surface area contributed by atoms with Crippen molar-refractivity contribution >= 4 is 67.6 Å². The number of carbonyl (C=O) groups is 2. The molecule has 14 heteroatoms. The summed E-state index contributed by atoms with van der Waals surface area (Å²) in [6.07, 6.45) is 1.89. The summed E-state index contributed by atoms with van der Waals surface area (Å²) in [6, 6.07) is 13.0. The van der Waals surface area contributed by atoms with Crippen molar-refractivity contribution in [1.82, 2.24) is 10.2 Å². The Morgan fingerprint density at radius 2 is 1.83 bits per heavy atom. The summed E-state index contributed by atoms with van der Waals surface area (Å²) in [4.78, 5) is 25.2. The quantitative estimate of drug-likeness (QED) is 0.196. The lowest BCUT2D eigenvalue weighted by atomic mass is 10.3. The fraction of sp³-hybridized carbons (Fsp3) is 0.273. The van der Waals surface area contributed by atoms with Crippen LogP contribution in [0.3, 0.4) is 0 Å². The molecular weight excluding hydrogens is 545 g/mol. The van der Waals surface area contributed by atoms with E-state index >= 15 is 0 Å². The largest absolute Gasteiger partial charge is 0.492 e. The number of esters is 1. The third kappa shape index (κ3) is 7.12. The molecule has 1 N–H and O–H groups in total. The van der Waals surface area contributed by atoms with E-state index < -0.39 is 28.4 Å². The Morgan fingerprint density at radius 1 is 1.11 bits per heavy atom. The molecule has 1 heterocycles. The zero-order valence-corrected chi connectivity index (χ0v) is 22.9. The SMILES string of the molecule is CCOc1ccccc1N(CC(=O)Nc1nnc(SCC(=O)OC)s1)S(=O)(=O)c1ccc(SC)cc1. The van der Waals surface area contributed by atoms with Crippen molar-refractivity contribution in [3.05, 3.63) is 48.5 Å². The van der Waals surface area contributed by atoms with Gasteiger partial charge in [0.2, 0.25) is 11.0 Å². The third-order valence-electron chi connectivity index (χ3n) is 4.56. The van der Waals surface area contributed by atoms with Crippen molar-refractivity contribution < 1.29 is 27.5 Å². The second kappa shape index (κ2) is 12.9. The smallest absolute Gasteiger partial charge is 0.316 e. The molecule has 1 amide bonds. The molecule has 192 valence electrons. The zero-order valence-electron chi connectivity index (χ0n) is 19.7. The summed E-state index contributed by atoms with van der Waals surface area (Å²) in [5, 5.41) is 10.6. The average molecular weight is 569 g/mol. The molecular formula is C22H24N4O6S4. The van der Waals surface area contributed by atoms with Crippen LogP contribution in [0.25, 0.3) is 0 Å². The number of ether oxygens (including phenoxy) is 2. The maximum Gasteiger partial charge on any atom is 0.316 e. The summed E-state index contributed by atoms with van der Waals surface area (Å²) in [6.45, 7) is 1.58. The summed E-state index contributed by atoms with van der Waals surface area (Å²) in [5.74, 6) is -0.657. The van der Waals surface area contributed by atoms with Crippen LogP contribution in [-0.2, 0) is 24.3 Å². The highest BCUT2D eigenvalue weighted by Crippen LogP contribution is 2.33. The number of rotatable bonds is 12. The van der Waals surface area contributed by atoms with E-state index in [1.165, 1.54) is 31.0 Å². The van der Waals surface area contributed by atoms with E-state index in [-0.39, 0.29) is 21.5 Å². The number of anilines is 2. The number of aromatic nitrogens is 2. The standard InChI is InChI=1S/C22H24N4O6S4/c1-4-32-18-8-6-5-7-17(18)26(36(29,30)16-11-9-15(33-3)10-12-16)13-19(27)23-21-24-25-22(35-21)34-14-20(28)31-2/h5-12H,4,13-14H2,1-3H3,(H,23,24,27). The van der Waals surface area contributed by atoms with E-state index in [2.05, 4.69) is 20.3 Å². The molecule has 0 atom stereocenters. The van der Waals surface area contributed by atoms with Crippen LogP contribution in [0.15, 0.2) is 62.7 Å². The van der Waals surface area contributed by atoms with Crippen LogP contribution in [0.5, 0.6) is 5.75 Å². The van der Waals surface area contributed by atoms with Gasteiger partial charge in [-0.1, -0.05) is 35.2 Å². The average Bonchev–Trinajstić information content (AvgIpc) is 3.33. The molecule has 3 rings (SSSR count). The first-order valence-electron chi connectivity index (χ1n) is 10.5. The highest BCUT2D eigenvalue weighted by Gasteiger charge is 2.30. The van der Waals surface area contributed by atoms with Crippen molar-refractivity contribution in [3.8, 4) is 5.75 Å². The number of benzene rings is 2. The molecule has 10 nitrogen and oxygen atoms in total. The van der Waals surface area contributed by atoms with Crippen molar-refractivity contribution in [2.75, 3.05) is 41.9 Å². The summed E-state index contributed by atoms with van der Waals surface area (Å²) in [5.41, 5.74) is 0.232. The minimum Gasteiger partial charge on any atom is -0.492 e. The van der Waals surface area contributed by atoms with Gasteiger partial charge in [0, 0.05) is 4.90 Å². The molecule has 0 aliphatic heterocycles. The predicted octanol–water partition coefficient (Wildman–Crippen LogP) is 3.76. The minimum atomic E-state index is -4.13. The Kier molecular flexibility index (Phi) is 9.98. The maximum atomic E-state index is 13.7. The Bertz CT molecular complexity index is 1300. The molecule has 0 aliphatic rings. The van der Waals surface area contributed by atoms with Crippen LogP contribution in [-0.4, -0.2) is 62.8 Å². The molecule has 0 saturated carbocycles. The first-order chi connectivity index (χ1) is 17.3. The number of thioether (sulfide) groups is 2. The van der Waals surface area contributed by atoms with Crippen LogP contribution in [0.2, 0.25) is 0 Å². The van der Waals surface area contributed by atoms with Crippen molar-refractivity contribution in [2.45, 2.75) is 21.1 Å². The molecule has 0 aliphatic carbocycles. The number of methoxy groups -OCH3 is 1. The topological polar surface area (TPSA) is 128 Å². The first kappa shape index (κ1) is 27.8. The third-order valence-corrected chi connectivity index (χ3v) is 9.03. The second-order valence-corrected chi connectivity index (χ2v) is 11.8. The summed E-state index contributed by atoms with van der Waals surface area (Å²) in [7, 11) is -2.84. The van der Waals surface area contributed by atoms with Gasteiger partial charge in [-0.3, -0.25) is 19.2 Å². The van der Waals surface area contributed by atoms with Gasteiger partial charge in [0.15, 0.2) is 4.34 Å². The zero-order chi connectivity index (χ0) is 26.1. The lowest BCUT2D eigenvalue weighted by Gasteiger charge is -2.25. The highest BCUT2D eigenvalue weighted by atomic mass is 32.2. The van der Waals surface area contributed by atoms with Crippen LogP contribution in [0.1, 0.15) is 6.92 Å². The molecule has 36 heavy (non-hydrogen) atoms. The number of nitrogens with zero attached hydrogens (tertiary/aromatic N) is 3. The van der Waals surface area contributed by atoms with Gasteiger partial charge < -0.3 is 9.47 Å². The lowest BCUT2D eigenvalue weighted by Crippen LogP contribution is -2.38. The van der Waals surface area contributed by atoms with E-state index in [4.69, 9.17) is 4.74 Å². The Morgan fingerprint density at radius 3 is 2.50 bits per heavy atom. The van der Waals surface area contributed by atoms with Gasteiger partial charge in [-0.25, -0.2) is 8.42 Å².